The number of piperazine rings is 1. The van der Waals surface area contributed by atoms with Gasteiger partial charge in [-0.1, -0.05) is 41.9 Å². The third kappa shape index (κ3) is 4.74. The van der Waals surface area contributed by atoms with E-state index in [2.05, 4.69) is 39.1 Å². The number of carbonyl (C=O) groups is 1. The van der Waals surface area contributed by atoms with Crippen LogP contribution in [0, 0.1) is 0 Å². The summed E-state index contributed by atoms with van der Waals surface area (Å²) in [6, 6.07) is 22.2. The van der Waals surface area contributed by atoms with Gasteiger partial charge in [-0.3, -0.25) is 9.78 Å². The number of pyridine rings is 1. The molecule has 33 heavy (non-hydrogen) atoms. The number of amides is 1. The van der Waals surface area contributed by atoms with Crippen LogP contribution in [-0.2, 0) is 11.2 Å². The SMILES string of the molecule is O=C(CCCc1c(-c2ccccn2)[nH]c2ccccc12)N1CCN(c2cccc(Cl)c2)CC1. The van der Waals surface area contributed by atoms with Gasteiger partial charge in [-0.25, -0.2) is 0 Å². The van der Waals surface area contributed by atoms with Crippen molar-refractivity contribution in [1.82, 2.24) is 14.9 Å². The summed E-state index contributed by atoms with van der Waals surface area (Å²) in [7, 11) is 0. The second kappa shape index (κ2) is 9.67. The second-order valence-electron chi connectivity index (χ2n) is 8.44. The van der Waals surface area contributed by atoms with E-state index in [4.69, 9.17) is 11.6 Å². The highest BCUT2D eigenvalue weighted by Gasteiger charge is 2.21. The van der Waals surface area contributed by atoms with Crippen molar-refractivity contribution in [2.24, 2.45) is 0 Å². The smallest absolute Gasteiger partial charge is 0.222 e. The number of nitrogens with zero attached hydrogens (tertiary/aromatic N) is 3. The average molecular weight is 459 g/mol. The molecule has 0 unspecified atom stereocenters. The Morgan fingerprint density at radius 2 is 1.79 bits per heavy atom. The van der Waals surface area contributed by atoms with Gasteiger partial charge in [0.15, 0.2) is 0 Å². The number of para-hydroxylation sites is 1. The molecule has 1 saturated heterocycles. The molecule has 0 radical (unpaired) electrons. The number of rotatable bonds is 6. The third-order valence-electron chi connectivity index (χ3n) is 6.36. The normalized spacial score (nSPS) is 14.1. The second-order valence-corrected chi connectivity index (χ2v) is 8.88. The number of carbonyl (C=O) groups excluding carboxylic acids is 1. The molecule has 5 nitrogen and oxygen atoms in total. The van der Waals surface area contributed by atoms with Crippen molar-refractivity contribution in [3.63, 3.8) is 0 Å². The highest BCUT2D eigenvalue weighted by Crippen LogP contribution is 2.30. The first-order valence-corrected chi connectivity index (χ1v) is 11.9. The summed E-state index contributed by atoms with van der Waals surface area (Å²) in [4.78, 5) is 25.3. The predicted molar refractivity (Wildman–Crippen MR) is 135 cm³/mol. The lowest BCUT2D eigenvalue weighted by atomic mass is 10.0. The molecule has 0 bridgehead atoms. The van der Waals surface area contributed by atoms with Gasteiger partial charge >= 0.3 is 0 Å². The number of aromatic amines is 1. The van der Waals surface area contributed by atoms with Crippen LogP contribution in [0.5, 0.6) is 0 Å². The molecule has 2 aromatic carbocycles. The molecular formula is C27H27ClN4O. The van der Waals surface area contributed by atoms with Crippen LogP contribution in [0.25, 0.3) is 22.3 Å². The summed E-state index contributed by atoms with van der Waals surface area (Å²) in [6.07, 6.45) is 4.02. The van der Waals surface area contributed by atoms with Gasteiger partial charge in [-0.2, -0.15) is 0 Å². The fourth-order valence-corrected chi connectivity index (χ4v) is 4.83. The molecule has 0 atom stereocenters. The van der Waals surface area contributed by atoms with Gasteiger partial charge < -0.3 is 14.8 Å². The van der Waals surface area contributed by atoms with Crippen molar-refractivity contribution in [2.75, 3.05) is 31.1 Å². The van der Waals surface area contributed by atoms with Crippen molar-refractivity contribution >= 4 is 34.1 Å². The van der Waals surface area contributed by atoms with E-state index in [0.29, 0.717) is 6.42 Å². The summed E-state index contributed by atoms with van der Waals surface area (Å²) in [6.45, 7) is 3.16. The molecule has 0 saturated carbocycles. The molecule has 1 aliphatic rings. The average Bonchev–Trinajstić information content (AvgIpc) is 3.23. The van der Waals surface area contributed by atoms with E-state index in [0.717, 1.165) is 66.6 Å². The Balaban J connectivity index is 1.21. The van der Waals surface area contributed by atoms with Crippen LogP contribution in [0.4, 0.5) is 5.69 Å². The molecule has 1 aliphatic heterocycles. The number of H-pyrrole nitrogens is 1. The molecular weight excluding hydrogens is 432 g/mol. The zero-order valence-corrected chi connectivity index (χ0v) is 19.3. The highest BCUT2D eigenvalue weighted by atomic mass is 35.5. The summed E-state index contributed by atoms with van der Waals surface area (Å²) in [5.74, 6) is 0.236. The zero-order valence-electron chi connectivity index (χ0n) is 18.5. The Labute approximate surface area is 199 Å². The number of nitrogens with one attached hydrogen (secondary N) is 1. The summed E-state index contributed by atoms with van der Waals surface area (Å²) in [5, 5.41) is 1.95. The minimum absolute atomic E-state index is 0.236. The van der Waals surface area contributed by atoms with E-state index in [1.807, 2.05) is 53.6 Å². The first-order chi connectivity index (χ1) is 16.2. The first-order valence-electron chi connectivity index (χ1n) is 11.5. The van der Waals surface area contributed by atoms with Gasteiger partial charge in [0.2, 0.25) is 5.91 Å². The van der Waals surface area contributed by atoms with Crippen molar-refractivity contribution < 1.29 is 4.79 Å². The standard InChI is InChI=1S/C27H27ClN4O/c28-20-7-5-8-21(19-20)31-15-17-32(18-16-31)26(33)13-6-10-23-22-9-1-2-11-24(22)30-27(23)25-12-3-4-14-29-25/h1-5,7-9,11-12,14,19,30H,6,10,13,15-18H2. The summed E-state index contributed by atoms with van der Waals surface area (Å²) >= 11 is 6.13. The molecule has 1 amide bonds. The van der Waals surface area contributed by atoms with Crippen molar-refractivity contribution in [3.05, 3.63) is 83.5 Å². The summed E-state index contributed by atoms with van der Waals surface area (Å²) < 4.78 is 0. The molecule has 2 aromatic heterocycles. The zero-order chi connectivity index (χ0) is 22.6. The van der Waals surface area contributed by atoms with E-state index in [-0.39, 0.29) is 5.91 Å². The quantitative estimate of drug-likeness (QED) is 0.412. The largest absolute Gasteiger partial charge is 0.368 e. The van der Waals surface area contributed by atoms with Crippen LogP contribution >= 0.6 is 11.6 Å². The van der Waals surface area contributed by atoms with Crippen LogP contribution < -0.4 is 4.90 Å². The number of aryl methyl sites for hydroxylation is 1. The van der Waals surface area contributed by atoms with E-state index in [9.17, 15) is 4.79 Å². The fourth-order valence-electron chi connectivity index (χ4n) is 4.65. The van der Waals surface area contributed by atoms with Gasteiger partial charge in [0.05, 0.1) is 11.4 Å². The van der Waals surface area contributed by atoms with Crippen LogP contribution in [-0.4, -0.2) is 47.0 Å². The Morgan fingerprint density at radius 1 is 0.970 bits per heavy atom. The Hall–Kier alpha value is -3.31. The molecule has 5 rings (SSSR count). The van der Waals surface area contributed by atoms with E-state index in [1.165, 1.54) is 10.9 Å². The van der Waals surface area contributed by atoms with Gasteiger partial charge in [0.1, 0.15) is 0 Å². The lowest BCUT2D eigenvalue weighted by Gasteiger charge is -2.36. The Bertz CT molecular complexity index is 1250. The van der Waals surface area contributed by atoms with E-state index >= 15 is 0 Å². The summed E-state index contributed by atoms with van der Waals surface area (Å²) in [5.41, 5.74) is 5.46. The van der Waals surface area contributed by atoms with Crippen LogP contribution in [0.15, 0.2) is 72.9 Å². The van der Waals surface area contributed by atoms with Gasteiger partial charge in [-0.15, -0.1) is 0 Å². The minimum Gasteiger partial charge on any atom is -0.368 e. The van der Waals surface area contributed by atoms with Crippen molar-refractivity contribution in [1.29, 1.82) is 0 Å². The minimum atomic E-state index is 0.236. The first kappa shape index (κ1) is 21.5. The van der Waals surface area contributed by atoms with Crippen LogP contribution in [0.3, 0.4) is 0 Å². The topological polar surface area (TPSA) is 52.2 Å². The number of fused-ring (bicyclic) bond motifs is 1. The maximum Gasteiger partial charge on any atom is 0.222 e. The number of aromatic nitrogens is 2. The van der Waals surface area contributed by atoms with Crippen LogP contribution in [0.2, 0.25) is 5.02 Å². The predicted octanol–water partition coefficient (Wildman–Crippen LogP) is 5.55. The molecule has 0 aliphatic carbocycles. The lowest BCUT2D eigenvalue weighted by molar-refractivity contribution is -0.131. The van der Waals surface area contributed by atoms with Gasteiger partial charge in [0.25, 0.3) is 0 Å². The van der Waals surface area contributed by atoms with E-state index in [1.54, 1.807) is 0 Å². The third-order valence-corrected chi connectivity index (χ3v) is 6.59. The maximum atomic E-state index is 12.9. The number of benzene rings is 2. The van der Waals surface area contributed by atoms with Gasteiger partial charge in [0, 0.05) is 60.4 Å². The number of halogens is 1. The molecule has 4 aromatic rings. The maximum absolute atomic E-state index is 12.9. The molecule has 3 heterocycles. The Kier molecular flexibility index (Phi) is 6.31. The monoisotopic (exact) mass is 458 g/mol. The van der Waals surface area contributed by atoms with Crippen LogP contribution in [0.1, 0.15) is 18.4 Å². The van der Waals surface area contributed by atoms with Gasteiger partial charge in [-0.05, 0) is 54.8 Å². The van der Waals surface area contributed by atoms with Crippen molar-refractivity contribution in [3.8, 4) is 11.4 Å². The number of hydrogen-bond acceptors (Lipinski definition) is 3. The molecule has 1 fully saturated rings. The van der Waals surface area contributed by atoms with E-state index < -0.39 is 0 Å². The number of anilines is 1. The Morgan fingerprint density at radius 3 is 2.58 bits per heavy atom. The molecule has 1 N–H and O–H groups in total. The fraction of sp³-hybridized carbons (Fsp3) is 0.259. The lowest BCUT2D eigenvalue weighted by Crippen LogP contribution is -2.48. The molecule has 6 heteroatoms. The molecule has 0 spiro atoms. The highest BCUT2D eigenvalue weighted by molar-refractivity contribution is 6.30. The van der Waals surface area contributed by atoms with Crippen molar-refractivity contribution in [2.45, 2.75) is 19.3 Å². The molecule has 168 valence electrons. The number of hydrogen-bond donors (Lipinski definition) is 1.